The Kier molecular flexibility index (Phi) is 6.68. The van der Waals surface area contributed by atoms with E-state index in [1.54, 1.807) is 66.4 Å². The highest BCUT2D eigenvalue weighted by molar-refractivity contribution is 6.21. The summed E-state index contributed by atoms with van der Waals surface area (Å²) in [7, 11) is 0. The predicted molar refractivity (Wildman–Crippen MR) is 135 cm³/mol. The zero-order valence-corrected chi connectivity index (χ0v) is 20.4. The SMILES string of the molecule is CCOC(=O)c1ccc(N2CCN(C(=O)c3cccc(CN4C(=O)c5ccccc5C4=O)c3)CC2)nc1. The number of piperazine rings is 1. The maximum Gasteiger partial charge on any atom is 0.339 e. The minimum absolute atomic E-state index is 0.102. The number of esters is 1. The lowest BCUT2D eigenvalue weighted by Crippen LogP contribution is -2.49. The van der Waals surface area contributed by atoms with Gasteiger partial charge in [-0.15, -0.1) is 0 Å². The van der Waals surface area contributed by atoms with Crippen molar-refractivity contribution in [3.8, 4) is 0 Å². The lowest BCUT2D eigenvalue weighted by Gasteiger charge is -2.35. The summed E-state index contributed by atoms with van der Waals surface area (Å²) < 4.78 is 4.99. The van der Waals surface area contributed by atoms with Crippen LogP contribution in [0, 0.1) is 0 Å². The third-order valence-corrected chi connectivity index (χ3v) is 6.54. The molecule has 2 aliphatic rings. The van der Waals surface area contributed by atoms with Crippen molar-refractivity contribution in [2.45, 2.75) is 13.5 Å². The number of benzene rings is 2. The number of rotatable bonds is 6. The Balaban J connectivity index is 1.21. The standard InChI is InChI=1S/C28H26N4O5/c1-2-37-28(36)21-10-11-24(29-17-21)30-12-14-31(15-13-30)25(33)20-7-5-6-19(16-20)18-32-26(34)22-8-3-4-9-23(22)27(32)35/h3-11,16-17H,2,12-15,18H2,1H3. The second-order valence-electron chi connectivity index (χ2n) is 8.85. The van der Waals surface area contributed by atoms with Gasteiger partial charge in [-0.2, -0.15) is 0 Å². The third kappa shape index (κ3) is 4.80. The molecular formula is C28H26N4O5. The first-order valence-corrected chi connectivity index (χ1v) is 12.2. The average Bonchev–Trinajstić information content (AvgIpc) is 3.18. The summed E-state index contributed by atoms with van der Waals surface area (Å²) in [4.78, 5) is 59.9. The number of ether oxygens (including phenoxy) is 1. The first-order valence-electron chi connectivity index (χ1n) is 12.2. The molecule has 3 amide bonds. The number of aromatic nitrogens is 1. The van der Waals surface area contributed by atoms with Crippen LogP contribution < -0.4 is 4.90 Å². The van der Waals surface area contributed by atoms with Crippen LogP contribution >= 0.6 is 0 Å². The fourth-order valence-corrected chi connectivity index (χ4v) is 4.60. The van der Waals surface area contributed by atoms with Gasteiger partial charge in [-0.3, -0.25) is 19.3 Å². The van der Waals surface area contributed by atoms with E-state index in [4.69, 9.17) is 4.74 Å². The molecule has 37 heavy (non-hydrogen) atoms. The zero-order valence-electron chi connectivity index (χ0n) is 20.4. The Morgan fingerprint density at radius 1 is 0.865 bits per heavy atom. The number of pyridine rings is 1. The molecule has 3 heterocycles. The van der Waals surface area contributed by atoms with Crippen LogP contribution in [0.1, 0.15) is 53.9 Å². The van der Waals surface area contributed by atoms with Gasteiger partial charge in [0.05, 0.1) is 29.8 Å². The molecule has 0 unspecified atom stereocenters. The summed E-state index contributed by atoms with van der Waals surface area (Å²) in [5, 5.41) is 0. The molecule has 9 heteroatoms. The van der Waals surface area contributed by atoms with Crippen LogP contribution in [0.4, 0.5) is 5.82 Å². The van der Waals surface area contributed by atoms with Crippen LogP contribution in [0.25, 0.3) is 0 Å². The quantitative estimate of drug-likeness (QED) is 0.380. The molecule has 0 spiro atoms. The summed E-state index contributed by atoms with van der Waals surface area (Å²) in [6.45, 7) is 4.41. The van der Waals surface area contributed by atoms with Gasteiger partial charge in [-0.25, -0.2) is 9.78 Å². The number of nitrogens with zero attached hydrogens (tertiary/aromatic N) is 4. The van der Waals surface area contributed by atoms with Crippen molar-refractivity contribution in [3.63, 3.8) is 0 Å². The number of anilines is 1. The third-order valence-electron chi connectivity index (χ3n) is 6.54. The Bertz CT molecular complexity index is 1330. The summed E-state index contributed by atoms with van der Waals surface area (Å²) in [5.41, 5.74) is 2.44. The van der Waals surface area contributed by atoms with E-state index in [9.17, 15) is 19.2 Å². The molecule has 9 nitrogen and oxygen atoms in total. The number of carbonyl (C=O) groups is 4. The number of amides is 3. The number of carbonyl (C=O) groups excluding carboxylic acids is 4. The first-order chi connectivity index (χ1) is 18.0. The summed E-state index contributed by atoms with van der Waals surface area (Å²) in [6, 6.07) is 17.3. The molecular weight excluding hydrogens is 472 g/mol. The summed E-state index contributed by atoms with van der Waals surface area (Å²) in [5.74, 6) is -0.408. The Hall–Kier alpha value is -4.53. The Morgan fingerprint density at radius 2 is 1.57 bits per heavy atom. The second kappa shape index (κ2) is 10.2. The normalized spacial score (nSPS) is 15.1. The highest BCUT2D eigenvalue weighted by atomic mass is 16.5. The monoisotopic (exact) mass is 498 g/mol. The van der Waals surface area contributed by atoms with Crippen molar-refractivity contribution in [2.24, 2.45) is 0 Å². The van der Waals surface area contributed by atoms with Crippen molar-refractivity contribution < 1.29 is 23.9 Å². The van der Waals surface area contributed by atoms with E-state index < -0.39 is 5.97 Å². The number of hydrogen-bond donors (Lipinski definition) is 0. The average molecular weight is 499 g/mol. The van der Waals surface area contributed by atoms with Crippen LogP contribution in [0.15, 0.2) is 66.9 Å². The number of imide groups is 1. The Labute approximate surface area is 214 Å². The van der Waals surface area contributed by atoms with Crippen molar-refractivity contribution in [1.82, 2.24) is 14.8 Å². The molecule has 1 fully saturated rings. The van der Waals surface area contributed by atoms with Crippen molar-refractivity contribution in [2.75, 3.05) is 37.7 Å². The molecule has 3 aromatic rings. The highest BCUT2D eigenvalue weighted by Gasteiger charge is 2.35. The first kappa shape index (κ1) is 24.2. The van der Waals surface area contributed by atoms with Gasteiger partial charge in [0, 0.05) is 37.9 Å². The molecule has 2 aliphatic heterocycles. The number of fused-ring (bicyclic) bond motifs is 1. The largest absolute Gasteiger partial charge is 0.462 e. The number of hydrogen-bond acceptors (Lipinski definition) is 7. The van der Waals surface area contributed by atoms with E-state index in [2.05, 4.69) is 9.88 Å². The second-order valence-corrected chi connectivity index (χ2v) is 8.85. The Morgan fingerprint density at radius 3 is 2.19 bits per heavy atom. The molecule has 0 radical (unpaired) electrons. The van der Waals surface area contributed by atoms with Gasteiger partial charge >= 0.3 is 5.97 Å². The zero-order chi connectivity index (χ0) is 25.9. The van der Waals surface area contributed by atoms with Gasteiger partial charge in [0.1, 0.15) is 5.82 Å². The molecule has 0 bridgehead atoms. The fourth-order valence-electron chi connectivity index (χ4n) is 4.60. The smallest absolute Gasteiger partial charge is 0.339 e. The van der Waals surface area contributed by atoms with Crippen molar-refractivity contribution in [1.29, 1.82) is 0 Å². The lowest BCUT2D eigenvalue weighted by atomic mass is 10.1. The molecule has 2 aromatic carbocycles. The van der Waals surface area contributed by atoms with E-state index in [0.717, 1.165) is 5.82 Å². The van der Waals surface area contributed by atoms with E-state index in [-0.39, 0.29) is 24.3 Å². The topological polar surface area (TPSA) is 100 Å². The van der Waals surface area contributed by atoms with Crippen LogP contribution in [-0.2, 0) is 11.3 Å². The van der Waals surface area contributed by atoms with Crippen LogP contribution in [0.3, 0.4) is 0 Å². The van der Waals surface area contributed by atoms with Gasteiger partial charge in [0.15, 0.2) is 0 Å². The molecule has 1 saturated heterocycles. The van der Waals surface area contributed by atoms with E-state index in [1.165, 1.54) is 11.1 Å². The molecule has 0 aliphatic carbocycles. The van der Waals surface area contributed by atoms with Gasteiger partial charge in [-0.05, 0) is 48.9 Å². The van der Waals surface area contributed by atoms with Gasteiger partial charge in [0.25, 0.3) is 17.7 Å². The molecule has 0 N–H and O–H groups in total. The van der Waals surface area contributed by atoms with Crippen LogP contribution in [0.2, 0.25) is 0 Å². The fraction of sp³-hybridized carbons (Fsp3) is 0.250. The van der Waals surface area contributed by atoms with Gasteiger partial charge in [0.2, 0.25) is 0 Å². The van der Waals surface area contributed by atoms with Crippen LogP contribution in [0.5, 0.6) is 0 Å². The lowest BCUT2D eigenvalue weighted by molar-refractivity contribution is 0.0524. The summed E-state index contributed by atoms with van der Waals surface area (Å²) in [6.07, 6.45) is 1.50. The van der Waals surface area contributed by atoms with E-state index >= 15 is 0 Å². The van der Waals surface area contributed by atoms with Gasteiger partial charge in [-0.1, -0.05) is 24.3 Å². The molecule has 5 rings (SSSR count). The molecule has 0 atom stereocenters. The molecule has 1 aromatic heterocycles. The predicted octanol–water partition coefficient (Wildman–Crippen LogP) is 3.02. The summed E-state index contributed by atoms with van der Waals surface area (Å²) >= 11 is 0. The van der Waals surface area contributed by atoms with E-state index in [1.807, 2.05) is 6.07 Å². The maximum atomic E-state index is 13.2. The van der Waals surface area contributed by atoms with Crippen molar-refractivity contribution >= 4 is 29.5 Å². The van der Waals surface area contributed by atoms with Crippen LogP contribution in [-0.4, -0.2) is 71.3 Å². The van der Waals surface area contributed by atoms with Crippen molar-refractivity contribution in [3.05, 3.63) is 94.7 Å². The minimum atomic E-state index is -0.401. The minimum Gasteiger partial charge on any atom is -0.462 e. The van der Waals surface area contributed by atoms with E-state index in [0.29, 0.717) is 60.6 Å². The van der Waals surface area contributed by atoms with Gasteiger partial charge < -0.3 is 14.5 Å². The molecule has 0 saturated carbocycles. The highest BCUT2D eigenvalue weighted by Crippen LogP contribution is 2.25. The molecule has 188 valence electrons. The maximum absolute atomic E-state index is 13.2.